The average molecular weight is 432 g/mol. The number of hydrogen-bond acceptors (Lipinski definition) is 4. The molecule has 5 nitrogen and oxygen atoms in total. The van der Waals surface area contributed by atoms with Gasteiger partial charge in [0.1, 0.15) is 0 Å². The molecule has 0 unspecified atom stereocenters. The molecule has 154 valence electrons. The first-order valence-corrected chi connectivity index (χ1v) is 11.3. The lowest BCUT2D eigenvalue weighted by atomic mass is 10.0. The van der Waals surface area contributed by atoms with Crippen LogP contribution >= 0.6 is 22.9 Å². The van der Waals surface area contributed by atoms with Crippen molar-refractivity contribution in [3.8, 4) is 0 Å². The largest absolute Gasteiger partial charge is 0.346 e. The fraction of sp³-hybridized carbons (Fsp3) is 0.455. The van der Waals surface area contributed by atoms with E-state index in [4.69, 9.17) is 11.6 Å². The van der Waals surface area contributed by atoms with Gasteiger partial charge in [0.2, 0.25) is 5.91 Å². The summed E-state index contributed by atoms with van der Waals surface area (Å²) in [7, 11) is 0. The summed E-state index contributed by atoms with van der Waals surface area (Å²) < 4.78 is 0.584. The minimum Gasteiger partial charge on any atom is -0.346 e. The Hall–Kier alpha value is -1.89. The number of carbonyl (C=O) groups is 2. The molecule has 0 bridgehead atoms. The first-order valence-electron chi connectivity index (χ1n) is 10.1. The maximum absolute atomic E-state index is 12.6. The van der Waals surface area contributed by atoms with Crippen molar-refractivity contribution in [1.82, 2.24) is 10.2 Å². The molecule has 1 N–H and O–H groups in total. The van der Waals surface area contributed by atoms with Gasteiger partial charge in [-0.3, -0.25) is 9.59 Å². The van der Waals surface area contributed by atoms with Crippen molar-refractivity contribution in [3.05, 3.63) is 50.7 Å². The van der Waals surface area contributed by atoms with E-state index in [0.717, 1.165) is 31.6 Å². The fourth-order valence-corrected chi connectivity index (χ4v) is 5.11. The van der Waals surface area contributed by atoms with E-state index >= 15 is 0 Å². The number of nitrogens with one attached hydrogen (secondary N) is 1. The van der Waals surface area contributed by atoms with Crippen molar-refractivity contribution < 1.29 is 9.59 Å². The molecule has 2 aliphatic rings. The van der Waals surface area contributed by atoms with Crippen molar-refractivity contribution in [2.75, 3.05) is 24.5 Å². The molecular weight excluding hydrogens is 406 g/mol. The number of thiophene rings is 1. The van der Waals surface area contributed by atoms with E-state index in [9.17, 15) is 9.59 Å². The van der Waals surface area contributed by atoms with Crippen LogP contribution in [0.1, 0.15) is 41.1 Å². The molecule has 1 fully saturated rings. The molecule has 29 heavy (non-hydrogen) atoms. The minimum atomic E-state index is -0.189. The molecule has 2 aliphatic heterocycles. The maximum Gasteiger partial charge on any atom is 0.261 e. The standard InChI is InChI=1S/C22H26ClN3O2S/c1-14(2)25-9-7-15-3-4-18(11-16(15)8-10-25)26-13-17(12-21(26)27)24-22(28)19-5-6-20(23)29-19/h3-6,11,14,17H,7-10,12-13H2,1-2H3,(H,24,28)/t17-/m1/s1. The topological polar surface area (TPSA) is 52.6 Å². The van der Waals surface area contributed by atoms with Crippen LogP contribution in [0.25, 0.3) is 0 Å². The highest BCUT2D eigenvalue weighted by atomic mass is 35.5. The smallest absolute Gasteiger partial charge is 0.261 e. The van der Waals surface area contributed by atoms with Crippen LogP contribution < -0.4 is 10.2 Å². The van der Waals surface area contributed by atoms with E-state index < -0.39 is 0 Å². The number of anilines is 1. The van der Waals surface area contributed by atoms with Gasteiger partial charge in [0.05, 0.1) is 15.3 Å². The molecule has 0 aliphatic carbocycles. The Labute approximate surface area is 180 Å². The monoisotopic (exact) mass is 431 g/mol. The molecule has 3 heterocycles. The predicted molar refractivity (Wildman–Crippen MR) is 118 cm³/mol. The maximum atomic E-state index is 12.6. The van der Waals surface area contributed by atoms with Gasteiger partial charge in [-0.05, 0) is 62.1 Å². The van der Waals surface area contributed by atoms with Crippen LogP contribution in [-0.4, -0.2) is 48.4 Å². The Morgan fingerprint density at radius 3 is 2.62 bits per heavy atom. The SMILES string of the molecule is CC(C)N1CCc2ccc(N3C[C@H](NC(=O)c4ccc(Cl)s4)CC3=O)cc2CC1. The van der Waals surface area contributed by atoms with Crippen LogP contribution in [0.4, 0.5) is 5.69 Å². The summed E-state index contributed by atoms with van der Waals surface area (Å²) in [6, 6.07) is 10.2. The zero-order valence-electron chi connectivity index (χ0n) is 16.8. The van der Waals surface area contributed by atoms with Crippen LogP contribution in [0.2, 0.25) is 4.34 Å². The number of carbonyl (C=O) groups excluding carboxylic acids is 2. The van der Waals surface area contributed by atoms with Crippen molar-refractivity contribution in [2.24, 2.45) is 0 Å². The third-order valence-corrected chi connectivity index (χ3v) is 7.06. The number of hydrogen-bond donors (Lipinski definition) is 1. The number of rotatable bonds is 4. The molecule has 1 atom stereocenters. The number of amides is 2. The number of halogens is 1. The summed E-state index contributed by atoms with van der Waals surface area (Å²) in [5.74, 6) is -0.117. The highest BCUT2D eigenvalue weighted by Gasteiger charge is 2.32. The average Bonchev–Trinajstić information content (AvgIpc) is 3.20. The first kappa shape index (κ1) is 20.4. The summed E-state index contributed by atoms with van der Waals surface area (Å²) in [5, 5.41) is 2.97. The second kappa shape index (κ2) is 8.46. The van der Waals surface area contributed by atoms with Crippen molar-refractivity contribution in [2.45, 2.75) is 45.2 Å². The lowest BCUT2D eigenvalue weighted by molar-refractivity contribution is -0.117. The lowest BCUT2D eigenvalue weighted by Crippen LogP contribution is -2.36. The van der Waals surface area contributed by atoms with E-state index in [0.29, 0.717) is 28.2 Å². The first-order chi connectivity index (χ1) is 13.9. The van der Waals surface area contributed by atoms with Gasteiger partial charge in [-0.2, -0.15) is 0 Å². The van der Waals surface area contributed by atoms with Gasteiger partial charge in [-0.15, -0.1) is 11.3 Å². The van der Waals surface area contributed by atoms with Gasteiger partial charge < -0.3 is 15.1 Å². The van der Waals surface area contributed by atoms with Gasteiger partial charge in [-0.1, -0.05) is 17.7 Å². The van der Waals surface area contributed by atoms with E-state index in [1.54, 1.807) is 17.0 Å². The number of nitrogens with zero attached hydrogens (tertiary/aromatic N) is 2. The summed E-state index contributed by atoms with van der Waals surface area (Å²) in [5.41, 5.74) is 3.64. The highest BCUT2D eigenvalue weighted by Crippen LogP contribution is 2.27. The third-order valence-electron chi connectivity index (χ3n) is 5.83. The molecule has 1 aromatic heterocycles. The fourth-order valence-electron chi connectivity index (χ4n) is 4.16. The summed E-state index contributed by atoms with van der Waals surface area (Å²) in [6.45, 7) is 7.10. The molecule has 2 aromatic rings. The van der Waals surface area contributed by atoms with Gasteiger partial charge in [0, 0.05) is 37.8 Å². The van der Waals surface area contributed by atoms with E-state index in [-0.39, 0.29) is 17.9 Å². The molecule has 4 rings (SSSR count). The Kier molecular flexibility index (Phi) is 5.95. The van der Waals surface area contributed by atoms with Gasteiger partial charge in [0.15, 0.2) is 0 Å². The number of benzene rings is 1. The summed E-state index contributed by atoms with van der Waals surface area (Å²) >= 11 is 7.16. The van der Waals surface area contributed by atoms with Crippen molar-refractivity contribution in [3.63, 3.8) is 0 Å². The zero-order chi connectivity index (χ0) is 20.5. The Morgan fingerprint density at radius 2 is 1.93 bits per heavy atom. The van der Waals surface area contributed by atoms with Crippen LogP contribution in [0.15, 0.2) is 30.3 Å². The Bertz CT molecular complexity index is 927. The van der Waals surface area contributed by atoms with Gasteiger partial charge in [0.25, 0.3) is 5.91 Å². The molecule has 2 amide bonds. The van der Waals surface area contributed by atoms with Crippen LogP contribution in [0.3, 0.4) is 0 Å². The second-order valence-electron chi connectivity index (χ2n) is 8.07. The summed E-state index contributed by atoms with van der Waals surface area (Å²) in [4.78, 5) is 29.9. The quantitative estimate of drug-likeness (QED) is 0.802. The Morgan fingerprint density at radius 1 is 1.17 bits per heavy atom. The summed E-state index contributed by atoms with van der Waals surface area (Å²) in [6.07, 6.45) is 2.37. The molecule has 1 aromatic carbocycles. The van der Waals surface area contributed by atoms with E-state index in [1.807, 2.05) is 6.07 Å². The lowest BCUT2D eigenvalue weighted by Gasteiger charge is -2.23. The molecule has 1 saturated heterocycles. The van der Waals surface area contributed by atoms with Gasteiger partial charge in [-0.25, -0.2) is 0 Å². The normalized spacial score (nSPS) is 20.1. The van der Waals surface area contributed by atoms with Crippen LogP contribution in [-0.2, 0) is 17.6 Å². The highest BCUT2D eigenvalue weighted by molar-refractivity contribution is 7.18. The molecule has 0 spiro atoms. The molecule has 0 saturated carbocycles. The second-order valence-corrected chi connectivity index (χ2v) is 9.78. The van der Waals surface area contributed by atoms with Crippen LogP contribution in [0, 0.1) is 0 Å². The third kappa shape index (κ3) is 4.49. The van der Waals surface area contributed by atoms with Crippen LogP contribution in [0.5, 0.6) is 0 Å². The van der Waals surface area contributed by atoms with Crippen molar-refractivity contribution >= 4 is 40.4 Å². The van der Waals surface area contributed by atoms with Crippen molar-refractivity contribution in [1.29, 1.82) is 0 Å². The molecular formula is C22H26ClN3O2S. The molecule has 7 heteroatoms. The number of fused-ring (bicyclic) bond motifs is 1. The minimum absolute atomic E-state index is 0.0527. The predicted octanol–water partition coefficient (Wildman–Crippen LogP) is 3.75. The Balaban J connectivity index is 1.44. The van der Waals surface area contributed by atoms with E-state index in [2.05, 4.69) is 36.2 Å². The van der Waals surface area contributed by atoms with Gasteiger partial charge >= 0.3 is 0 Å². The molecule has 0 radical (unpaired) electrons. The zero-order valence-corrected chi connectivity index (χ0v) is 18.4. The van der Waals surface area contributed by atoms with E-state index in [1.165, 1.54) is 22.5 Å².